The highest BCUT2D eigenvalue weighted by Gasteiger charge is 2.33. The maximum absolute atomic E-state index is 12.8. The van der Waals surface area contributed by atoms with Gasteiger partial charge >= 0.3 is 6.18 Å². The molecule has 0 fully saturated rings. The Kier molecular flexibility index (Phi) is 3.68. The van der Waals surface area contributed by atoms with Crippen molar-refractivity contribution in [3.8, 4) is 22.5 Å². The Bertz CT molecular complexity index is 1100. The van der Waals surface area contributed by atoms with E-state index in [1.54, 1.807) is 6.20 Å². The van der Waals surface area contributed by atoms with Crippen LogP contribution in [0.3, 0.4) is 0 Å². The molecule has 0 bridgehead atoms. The molecule has 3 heterocycles. The first kappa shape index (κ1) is 16.2. The maximum atomic E-state index is 12.8. The normalized spacial score (nSPS) is 11.8. The molecular weight excluding hydrogens is 343 g/mol. The molecule has 130 valence electrons. The molecule has 0 N–H and O–H groups in total. The Morgan fingerprint density at radius 2 is 1.77 bits per heavy atom. The number of nitrogens with zero attached hydrogens (tertiary/aromatic N) is 5. The Hall–Kier alpha value is -3.29. The van der Waals surface area contributed by atoms with E-state index in [9.17, 15) is 13.2 Å². The molecule has 0 spiro atoms. The lowest BCUT2D eigenvalue weighted by Crippen LogP contribution is -2.11. The second-order valence-corrected chi connectivity index (χ2v) is 5.79. The molecule has 0 aliphatic rings. The summed E-state index contributed by atoms with van der Waals surface area (Å²) in [6.07, 6.45) is -0.671. The molecular formula is C18H12F3N5. The fourth-order valence-electron chi connectivity index (χ4n) is 2.64. The number of imidazole rings is 1. The topological polar surface area (TPSA) is 56.0 Å². The molecule has 4 rings (SSSR count). The SMILES string of the molecule is Cc1ccnc(-c2cccc(-c3cnc4nc(C(F)(F)F)cnn34)c2)c1. The summed E-state index contributed by atoms with van der Waals surface area (Å²) in [5, 5.41) is 3.86. The van der Waals surface area contributed by atoms with Crippen LogP contribution in [0.1, 0.15) is 11.3 Å². The molecule has 3 aromatic heterocycles. The number of aryl methyl sites for hydroxylation is 1. The number of hydrogen-bond acceptors (Lipinski definition) is 4. The van der Waals surface area contributed by atoms with Crippen molar-refractivity contribution in [3.05, 3.63) is 66.2 Å². The summed E-state index contributed by atoms with van der Waals surface area (Å²) in [6, 6.07) is 11.4. The van der Waals surface area contributed by atoms with Gasteiger partial charge in [0, 0.05) is 17.3 Å². The predicted molar refractivity (Wildman–Crippen MR) is 89.2 cm³/mol. The van der Waals surface area contributed by atoms with Gasteiger partial charge in [-0.2, -0.15) is 22.8 Å². The van der Waals surface area contributed by atoms with Crippen LogP contribution in [-0.2, 0) is 6.18 Å². The lowest BCUT2D eigenvalue weighted by molar-refractivity contribution is -0.141. The first-order valence-corrected chi connectivity index (χ1v) is 7.73. The molecule has 0 aliphatic heterocycles. The summed E-state index contributed by atoms with van der Waals surface area (Å²) < 4.78 is 39.6. The number of pyridine rings is 1. The van der Waals surface area contributed by atoms with E-state index in [-0.39, 0.29) is 5.78 Å². The largest absolute Gasteiger partial charge is 0.435 e. The van der Waals surface area contributed by atoms with Gasteiger partial charge in [0.1, 0.15) is 0 Å². The van der Waals surface area contributed by atoms with E-state index >= 15 is 0 Å². The molecule has 0 atom stereocenters. The third-order valence-corrected chi connectivity index (χ3v) is 3.90. The molecule has 0 radical (unpaired) electrons. The van der Waals surface area contributed by atoms with Gasteiger partial charge < -0.3 is 0 Å². The van der Waals surface area contributed by atoms with E-state index in [4.69, 9.17) is 0 Å². The van der Waals surface area contributed by atoms with Crippen LogP contribution in [0.5, 0.6) is 0 Å². The molecule has 0 aliphatic carbocycles. The van der Waals surface area contributed by atoms with Gasteiger partial charge in [-0.05, 0) is 30.7 Å². The summed E-state index contributed by atoms with van der Waals surface area (Å²) >= 11 is 0. The molecule has 8 heteroatoms. The van der Waals surface area contributed by atoms with Crippen LogP contribution in [0.2, 0.25) is 0 Å². The van der Waals surface area contributed by atoms with E-state index < -0.39 is 11.9 Å². The van der Waals surface area contributed by atoms with Crippen molar-refractivity contribution in [2.75, 3.05) is 0 Å². The number of fused-ring (bicyclic) bond motifs is 1. The third kappa shape index (κ3) is 2.90. The van der Waals surface area contributed by atoms with Crippen molar-refractivity contribution in [2.24, 2.45) is 0 Å². The van der Waals surface area contributed by atoms with E-state index in [0.717, 1.165) is 22.4 Å². The van der Waals surface area contributed by atoms with Gasteiger partial charge in [0.25, 0.3) is 5.78 Å². The number of rotatable bonds is 2. The molecule has 0 amide bonds. The fraction of sp³-hybridized carbons (Fsp3) is 0.111. The summed E-state index contributed by atoms with van der Waals surface area (Å²) in [4.78, 5) is 11.9. The molecule has 4 aromatic rings. The molecule has 5 nitrogen and oxygen atoms in total. The van der Waals surface area contributed by atoms with Crippen LogP contribution >= 0.6 is 0 Å². The maximum Gasteiger partial charge on any atom is 0.435 e. The Morgan fingerprint density at radius 1 is 0.962 bits per heavy atom. The van der Waals surface area contributed by atoms with Crippen molar-refractivity contribution in [1.82, 2.24) is 24.6 Å². The second-order valence-electron chi connectivity index (χ2n) is 5.79. The first-order valence-electron chi connectivity index (χ1n) is 7.73. The monoisotopic (exact) mass is 355 g/mol. The zero-order valence-corrected chi connectivity index (χ0v) is 13.6. The smallest absolute Gasteiger partial charge is 0.256 e. The molecule has 0 saturated carbocycles. The third-order valence-electron chi connectivity index (χ3n) is 3.90. The van der Waals surface area contributed by atoms with Gasteiger partial charge in [-0.15, -0.1) is 0 Å². The van der Waals surface area contributed by atoms with Crippen LogP contribution in [0.25, 0.3) is 28.3 Å². The lowest BCUT2D eigenvalue weighted by atomic mass is 10.0. The van der Waals surface area contributed by atoms with Crippen molar-refractivity contribution in [2.45, 2.75) is 13.1 Å². The van der Waals surface area contributed by atoms with Gasteiger partial charge in [-0.1, -0.05) is 18.2 Å². The average molecular weight is 355 g/mol. The number of hydrogen-bond donors (Lipinski definition) is 0. The van der Waals surface area contributed by atoms with Crippen LogP contribution < -0.4 is 0 Å². The second kappa shape index (κ2) is 5.91. The van der Waals surface area contributed by atoms with Gasteiger partial charge in [-0.25, -0.2) is 9.97 Å². The van der Waals surface area contributed by atoms with Crippen molar-refractivity contribution in [3.63, 3.8) is 0 Å². The number of benzene rings is 1. The summed E-state index contributed by atoms with van der Waals surface area (Å²) in [7, 11) is 0. The predicted octanol–water partition coefficient (Wildman–Crippen LogP) is 4.18. The Balaban J connectivity index is 1.80. The number of halogens is 3. The van der Waals surface area contributed by atoms with E-state index in [1.807, 2.05) is 43.3 Å². The van der Waals surface area contributed by atoms with Crippen molar-refractivity contribution < 1.29 is 13.2 Å². The highest BCUT2D eigenvalue weighted by molar-refractivity contribution is 5.70. The number of aromatic nitrogens is 5. The van der Waals surface area contributed by atoms with E-state index in [0.29, 0.717) is 11.9 Å². The van der Waals surface area contributed by atoms with E-state index in [2.05, 4.69) is 20.1 Å². The number of alkyl halides is 3. The van der Waals surface area contributed by atoms with Gasteiger partial charge in [0.05, 0.1) is 23.8 Å². The minimum atomic E-state index is -4.56. The van der Waals surface area contributed by atoms with Gasteiger partial charge in [-0.3, -0.25) is 4.98 Å². The summed E-state index contributed by atoms with van der Waals surface area (Å²) in [5.74, 6) is -0.103. The molecule has 26 heavy (non-hydrogen) atoms. The highest BCUT2D eigenvalue weighted by Crippen LogP contribution is 2.29. The van der Waals surface area contributed by atoms with Crippen molar-refractivity contribution >= 4 is 5.78 Å². The minimum Gasteiger partial charge on any atom is -0.256 e. The van der Waals surface area contributed by atoms with Crippen LogP contribution in [-0.4, -0.2) is 24.6 Å². The lowest BCUT2D eigenvalue weighted by Gasteiger charge is -2.07. The average Bonchev–Trinajstić information content (AvgIpc) is 3.04. The van der Waals surface area contributed by atoms with Crippen molar-refractivity contribution in [1.29, 1.82) is 0 Å². The van der Waals surface area contributed by atoms with Crippen LogP contribution in [0.4, 0.5) is 13.2 Å². The molecule has 0 unspecified atom stereocenters. The van der Waals surface area contributed by atoms with Crippen LogP contribution in [0.15, 0.2) is 55.0 Å². The first-order chi connectivity index (χ1) is 12.4. The van der Waals surface area contributed by atoms with Crippen LogP contribution in [0, 0.1) is 6.92 Å². The summed E-state index contributed by atoms with van der Waals surface area (Å²) in [5.41, 5.74) is 3.02. The standard InChI is InChI=1S/C18H12F3N5/c1-11-5-6-22-14(7-11)12-3-2-4-13(8-12)15-9-23-17-25-16(18(19,20)21)10-24-26(15)17/h2-10H,1H3. The zero-order chi connectivity index (χ0) is 18.3. The van der Waals surface area contributed by atoms with Gasteiger partial charge in [0.15, 0.2) is 5.69 Å². The minimum absolute atomic E-state index is 0.103. The quantitative estimate of drug-likeness (QED) is 0.541. The Morgan fingerprint density at radius 3 is 2.54 bits per heavy atom. The van der Waals surface area contributed by atoms with E-state index in [1.165, 1.54) is 10.7 Å². The molecule has 0 saturated heterocycles. The molecule has 1 aromatic carbocycles. The summed E-state index contributed by atoms with van der Waals surface area (Å²) in [6.45, 7) is 1.98. The fourth-order valence-corrected chi connectivity index (χ4v) is 2.64. The Labute approximate surface area is 146 Å². The highest BCUT2D eigenvalue weighted by atomic mass is 19.4. The van der Waals surface area contributed by atoms with Gasteiger partial charge in [0.2, 0.25) is 0 Å². The zero-order valence-electron chi connectivity index (χ0n) is 13.6.